The summed E-state index contributed by atoms with van der Waals surface area (Å²) in [5.41, 5.74) is 1.13. The van der Waals surface area contributed by atoms with E-state index in [1.165, 1.54) is 25.3 Å². The Hall–Kier alpha value is -3.16. The van der Waals surface area contributed by atoms with Crippen LogP contribution in [0.15, 0.2) is 29.1 Å². The summed E-state index contributed by atoms with van der Waals surface area (Å²) in [6.07, 6.45) is 7.39. The summed E-state index contributed by atoms with van der Waals surface area (Å²) in [5, 5.41) is 12.2. The highest BCUT2D eigenvalue weighted by molar-refractivity contribution is 5.90. The third kappa shape index (κ3) is 3.42. The molecule has 0 aliphatic heterocycles. The van der Waals surface area contributed by atoms with Crippen LogP contribution in [-0.2, 0) is 11.3 Å². The number of amides is 1. The summed E-state index contributed by atoms with van der Waals surface area (Å²) >= 11 is 0. The Labute approximate surface area is 155 Å². The number of imidazole rings is 1. The molecule has 1 amide bonds. The topological polar surface area (TPSA) is 113 Å². The van der Waals surface area contributed by atoms with Gasteiger partial charge in [-0.3, -0.25) is 9.36 Å². The van der Waals surface area contributed by atoms with E-state index in [4.69, 9.17) is 0 Å². The molecule has 1 radical (unpaired) electrons. The number of hydrogen-bond donors (Lipinski definition) is 3. The maximum atomic E-state index is 12.5. The van der Waals surface area contributed by atoms with Crippen molar-refractivity contribution in [2.75, 3.05) is 5.32 Å². The fourth-order valence-corrected chi connectivity index (χ4v) is 3.74. The number of aromatic amines is 1. The second kappa shape index (κ2) is 7.22. The van der Waals surface area contributed by atoms with E-state index in [0.29, 0.717) is 35.0 Å². The SMILES string of the molecule is O=[C]Nc1nc(-c2cccc(O)c2)nc2c1[nH]c(=O)n2CC1CCCCC1. The van der Waals surface area contributed by atoms with Crippen LogP contribution in [0.1, 0.15) is 32.1 Å². The molecule has 1 aliphatic rings. The van der Waals surface area contributed by atoms with Gasteiger partial charge in [0.1, 0.15) is 11.3 Å². The predicted molar refractivity (Wildman–Crippen MR) is 101 cm³/mol. The van der Waals surface area contributed by atoms with Crippen LogP contribution < -0.4 is 11.0 Å². The molecule has 0 atom stereocenters. The molecule has 0 bridgehead atoms. The lowest BCUT2D eigenvalue weighted by Gasteiger charge is -2.21. The van der Waals surface area contributed by atoms with Crippen molar-refractivity contribution in [3.63, 3.8) is 0 Å². The molecular formula is C19H20N5O3. The number of H-pyrrole nitrogens is 1. The van der Waals surface area contributed by atoms with Gasteiger partial charge in [0.05, 0.1) is 0 Å². The Bertz CT molecular complexity index is 1030. The third-order valence-corrected chi connectivity index (χ3v) is 5.06. The van der Waals surface area contributed by atoms with Crippen molar-refractivity contribution >= 4 is 23.4 Å². The van der Waals surface area contributed by atoms with Gasteiger partial charge < -0.3 is 15.4 Å². The molecule has 2 aromatic heterocycles. The minimum atomic E-state index is -0.271. The van der Waals surface area contributed by atoms with Crippen molar-refractivity contribution in [3.8, 4) is 17.1 Å². The molecule has 1 saturated carbocycles. The average Bonchev–Trinajstić information content (AvgIpc) is 2.99. The first-order valence-corrected chi connectivity index (χ1v) is 9.09. The number of fused-ring (bicyclic) bond motifs is 1. The molecule has 27 heavy (non-hydrogen) atoms. The molecule has 3 N–H and O–H groups in total. The molecule has 0 saturated heterocycles. The van der Waals surface area contributed by atoms with Crippen LogP contribution in [0.2, 0.25) is 0 Å². The Morgan fingerprint density at radius 2 is 2.07 bits per heavy atom. The van der Waals surface area contributed by atoms with E-state index >= 15 is 0 Å². The first-order valence-electron chi connectivity index (χ1n) is 9.09. The number of nitrogens with one attached hydrogen (secondary N) is 2. The number of anilines is 1. The van der Waals surface area contributed by atoms with Crippen molar-refractivity contribution in [1.29, 1.82) is 0 Å². The van der Waals surface area contributed by atoms with Crippen molar-refractivity contribution in [2.45, 2.75) is 38.6 Å². The normalized spacial score (nSPS) is 15.1. The zero-order valence-electron chi connectivity index (χ0n) is 14.7. The second-order valence-corrected chi connectivity index (χ2v) is 6.92. The van der Waals surface area contributed by atoms with E-state index in [2.05, 4.69) is 20.3 Å². The van der Waals surface area contributed by atoms with Gasteiger partial charge in [-0.05, 0) is 30.9 Å². The van der Waals surface area contributed by atoms with E-state index < -0.39 is 0 Å². The number of aromatic hydroxyl groups is 1. The molecule has 0 unspecified atom stereocenters. The molecule has 0 spiro atoms. The van der Waals surface area contributed by atoms with Gasteiger partial charge in [0.25, 0.3) is 0 Å². The number of nitrogens with zero attached hydrogens (tertiary/aromatic N) is 3. The van der Waals surface area contributed by atoms with Gasteiger partial charge in [-0.25, -0.2) is 14.8 Å². The fourth-order valence-electron chi connectivity index (χ4n) is 3.74. The highest BCUT2D eigenvalue weighted by Gasteiger charge is 2.20. The minimum Gasteiger partial charge on any atom is -0.508 e. The standard InChI is InChI=1S/C19H20N5O3/c25-11-20-17-15-18(23-16(22-17)13-7-4-8-14(26)9-13)24(19(27)21-15)10-12-5-2-1-3-6-12/h4,7-9,12,26H,1-3,5-6,10H2,(H,21,27)(H,20,22,23,25). The number of aromatic nitrogens is 4. The van der Waals surface area contributed by atoms with Crippen LogP contribution in [0.3, 0.4) is 0 Å². The maximum absolute atomic E-state index is 12.5. The Balaban J connectivity index is 1.84. The third-order valence-electron chi connectivity index (χ3n) is 5.06. The Morgan fingerprint density at radius 1 is 1.26 bits per heavy atom. The largest absolute Gasteiger partial charge is 0.508 e. The molecule has 139 valence electrons. The molecule has 1 aromatic carbocycles. The Kier molecular flexibility index (Phi) is 4.62. The lowest BCUT2D eigenvalue weighted by atomic mass is 9.89. The maximum Gasteiger partial charge on any atom is 0.327 e. The number of rotatable bonds is 5. The van der Waals surface area contributed by atoms with Gasteiger partial charge in [0.15, 0.2) is 17.3 Å². The van der Waals surface area contributed by atoms with Crippen LogP contribution in [0.5, 0.6) is 5.75 Å². The Morgan fingerprint density at radius 3 is 2.81 bits per heavy atom. The van der Waals surface area contributed by atoms with Crippen LogP contribution in [0.25, 0.3) is 22.6 Å². The van der Waals surface area contributed by atoms with Gasteiger partial charge in [0.2, 0.25) is 0 Å². The smallest absolute Gasteiger partial charge is 0.327 e. The van der Waals surface area contributed by atoms with Gasteiger partial charge in [-0.1, -0.05) is 31.4 Å². The molecule has 8 heteroatoms. The fraction of sp³-hybridized carbons (Fsp3) is 0.368. The van der Waals surface area contributed by atoms with E-state index in [-0.39, 0.29) is 17.3 Å². The minimum absolute atomic E-state index is 0.0846. The lowest BCUT2D eigenvalue weighted by Crippen LogP contribution is -2.23. The number of phenols is 1. The zero-order valence-corrected chi connectivity index (χ0v) is 14.7. The summed E-state index contributed by atoms with van der Waals surface area (Å²) in [6, 6.07) is 6.52. The molecule has 8 nitrogen and oxygen atoms in total. The summed E-state index contributed by atoms with van der Waals surface area (Å²) in [5.74, 6) is 1.02. The van der Waals surface area contributed by atoms with Gasteiger partial charge >= 0.3 is 12.1 Å². The summed E-state index contributed by atoms with van der Waals surface area (Å²) in [4.78, 5) is 35.1. The monoisotopic (exact) mass is 366 g/mol. The number of benzene rings is 1. The first-order chi connectivity index (χ1) is 13.2. The molecule has 1 aliphatic carbocycles. The summed E-state index contributed by atoms with van der Waals surface area (Å²) in [6.45, 7) is 0.583. The van der Waals surface area contributed by atoms with E-state index in [0.717, 1.165) is 12.8 Å². The van der Waals surface area contributed by atoms with Crippen LogP contribution in [-0.4, -0.2) is 31.0 Å². The predicted octanol–water partition coefficient (Wildman–Crippen LogP) is 2.55. The lowest BCUT2D eigenvalue weighted by molar-refractivity contribution is 0.319. The van der Waals surface area contributed by atoms with Crippen LogP contribution in [0.4, 0.5) is 5.82 Å². The second-order valence-electron chi connectivity index (χ2n) is 6.92. The highest BCUT2D eigenvalue weighted by Crippen LogP contribution is 2.28. The highest BCUT2D eigenvalue weighted by atomic mass is 16.3. The van der Waals surface area contributed by atoms with Gasteiger partial charge in [-0.15, -0.1) is 0 Å². The van der Waals surface area contributed by atoms with Crippen LogP contribution in [0, 0.1) is 5.92 Å². The first kappa shape index (κ1) is 17.3. The van der Waals surface area contributed by atoms with Crippen molar-refractivity contribution in [1.82, 2.24) is 19.5 Å². The zero-order chi connectivity index (χ0) is 18.8. The van der Waals surface area contributed by atoms with Crippen molar-refractivity contribution in [3.05, 3.63) is 34.7 Å². The van der Waals surface area contributed by atoms with Crippen LogP contribution >= 0.6 is 0 Å². The molecule has 2 heterocycles. The summed E-state index contributed by atoms with van der Waals surface area (Å²) < 4.78 is 1.62. The van der Waals surface area contributed by atoms with Crippen molar-refractivity contribution in [2.24, 2.45) is 5.92 Å². The van der Waals surface area contributed by atoms with E-state index in [1.807, 2.05) is 0 Å². The molecular weight excluding hydrogens is 346 g/mol. The quantitative estimate of drug-likeness (QED) is 0.601. The number of phenolic OH excluding ortho intramolecular Hbond substituents is 1. The average molecular weight is 366 g/mol. The van der Waals surface area contributed by atoms with E-state index in [9.17, 15) is 14.7 Å². The van der Waals surface area contributed by atoms with Gasteiger partial charge in [-0.2, -0.15) is 0 Å². The number of hydrogen-bond acceptors (Lipinski definition) is 5. The summed E-state index contributed by atoms with van der Waals surface area (Å²) in [7, 11) is 0. The molecule has 4 rings (SSSR count). The van der Waals surface area contributed by atoms with E-state index in [1.54, 1.807) is 29.2 Å². The van der Waals surface area contributed by atoms with Gasteiger partial charge in [0, 0.05) is 12.1 Å². The number of carbonyl (C=O) groups excluding carboxylic acids is 1. The molecule has 1 fully saturated rings. The van der Waals surface area contributed by atoms with Crippen molar-refractivity contribution < 1.29 is 9.90 Å². The molecule has 3 aromatic rings.